The van der Waals surface area contributed by atoms with E-state index in [1.54, 1.807) is 0 Å². The molecule has 2 nitrogen and oxygen atoms in total. The van der Waals surface area contributed by atoms with Gasteiger partial charge in [0.15, 0.2) is 0 Å². The standard InChI is InChI=1S/C13H26N2/c1-3-11-8-12(14-4-2)10-15(9-11)13-6-5-7-13/h11-14H,3-10H2,1-2H3. The minimum absolute atomic E-state index is 0.759. The van der Waals surface area contributed by atoms with Crippen molar-refractivity contribution in [2.45, 2.75) is 58.0 Å². The first-order valence-electron chi connectivity index (χ1n) is 6.80. The van der Waals surface area contributed by atoms with E-state index < -0.39 is 0 Å². The number of hydrogen-bond donors (Lipinski definition) is 1. The van der Waals surface area contributed by atoms with Crippen LogP contribution in [0.4, 0.5) is 0 Å². The molecule has 0 aromatic rings. The summed E-state index contributed by atoms with van der Waals surface area (Å²) in [4.78, 5) is 2.76. The molecule has 0 radical (unpaired) electrons. The number of rotatable bonds is 4. The lowest BCUT2D eigenvalue weighted by Gasteiger charge is -2.45. The highest BCUT2D eigenvalue weighted by atomic mass is 15.2. The number of hydrogen-bond acceptors (Lipinski definition) is 2. The maximum Gasteiger partial charge on any atom is 0.0198 e. The van der Waals surface area contributed by atoms with Gasteiger partial charge in [0, 0.05) is 25.2 Å². The summed E-state index contributed by atoms with van der Waals surface area (Å²) in [5, 5.41) is 3.64. The van der Waals surface area contributed by atoms with Gasteiger partial charge in [-0.15, -0.1) is 0 Å². The molecule has 0 bridgehead atoms. The van der Waals surface area contributed by atoms with Gasteiger partial charge in [-0.2, -0.15) is 0 Å². The SMILES string of the molecule is CCNC1CC(CC)CN(C2CCC2)C1. The van der Waals surface area contributed by atoms with Crippen LogP contribution in [0.25, 0.3) is 0 Å². The molecule has 0 spiro atoms. The minimum Gasteiger partial charge on any atom is -0.313 e. The predicted octanol–water partition coefficient (Wildman–Crippen LogP) is 2.25. The van der Waals surface area contributed by atoms with Crippen molar-refractivity contribution in [2.24, 2.45) is 5.92 Å². The number of nitrogens with zero attached hydrogens (tertiary/aromatic N) is 1. The average Bonchev–Trinajstić information content (AvgIpc) is 2.15. The van der Waals surface area contributed by atoms with E-state index in [1.807, 2.05) is 0 Å². The highest BCUT2D eigenvalue weighted by molar-refractivity contribution is 4.89. The van der Waals surface area contributed by atoms with Gasteiger partial charge in [0.05, 0.1) is 0 Å². The molecule has 0 amide bonds. The number of likely N-dealkylation sites (tertiary alicyclic amines) is 1. The molecule has 88 valence electrons. The molecule has 1 aliphatic heterocycles. The van der Waals surface area contributed by atoms with Crippen LogP contribution in [0.5, 0.6) is 0 Å². The maximum absolute atomic E-state index is 3.64. The molecule has 1 saturated carbocycles. The number of piperidine rings is 1. The Labute approximate surface area is 94.4 Å². The summed E-state index contributed by atoms with van der Waals surface area (Å²) < 4.78 is 0. The second-order valence-corrected chi connectivity index (χ2v) is 5.30. The van der Waals surface area contributed by atoms with Crippen molar-refractivity contribution in [1.29, 1.82) is 0 Å². The van der Waals surface area contributed by atoms with Crippen LogP contribution in [0.15, 0.2) is 0 Å². The van der Waals surface area contributed by atoms with E-state index in [0.717, 1.165) is 24.5 Å². The molecule has 1 saturated heterocycles. The van der Waals surface area contributed by atoms with Crippen molar-refractivity contribution in [1.82, 2.24) is 10.2 Å². The Balaban J connectivity index is 1.87. The molecule has 2 heteroatoms. The van der Waals surface area contributed by atoms with Crippen LogP contribution >= 0.6 is 0 Å². The van der Waals surface area contributed by atoms with Gasteiger partial charge in [-0.05, 0) is 31.7 Å². The predicted molar refractivity (Wildman–Crippen MR) is 65.1 cm³/mol. The Morgan fingerprint density at radius 3 is 2.53 bits per heavy atom. The molecule has 2 fully saturated rings. The van der Waals surface area contributed by atoms with Gasteiger partial charge in [-0.25, -0.2) is 0 Å². The van der Waals surface area contributed by atoms with E-state index >= 15 is 0 Å². The minimum atomic E-state index is 0.759. The fourth-order valence-electron chi connectivity index (χ4n) is 3.02. The lowest BCUT2D eigenvalue weighted by molar-refractivity contribution is 0.0580. The van der Waals surface area contributed by atoms with Crippen LogP contribution in [0, 0.1) is 5.92 Å². The third kappa shape index (κ3) is 2.73. The molecular formula is C13H26N2. The summed E-state index contributed by atoms with van der Waals surface area (Å²) in [6.45, 7) is 8.36. The Hall–Kier alpha value is -0.0800. The number of nitrogens with one attached hydrogen (secondary N) is 1. The molecule has 1 aliphatic carbocycles. The number of likely N-dealkylation sites (N-methyl/N-ethyl adjacent to an activating group) is 1. The molecule has 0 aromatic heterocycles. The van der Waals surface area contributed by atoms with Gasteiger partial charge >= 0.3 is 0 Å². The molecule has 2 atom stereocenters. The summed E-state index contributed by atoms with van der Waals surface area (Å²) in [6.07, 6.45) is 7.12. The van der Waals surface area contributed by atoms with Crippen LogP contribution < -0.4 is 5.32 Å². The second kappa shape index (κ2) is 5.31. The normalized spacial score (nSPS) is 34.0. The summed E-state index contributed by atoms with van der Waals surface area (Å²) in [5.41, 5.74) is 0. The largest absolute Gasteiger partial charge is 0.313 e. The van der Waals surface area contributed by atoms with Gasteiger partial charge < -0.3 is 5.32 Å². The molecule has 0 aromatic carbocycles. The third-order valence-electron chi connectivity index (χ3n) is 4.23. The highest BCUT2D eigenvalue weighted by Gasteiger charge is 2.32. The molecule has 1 heterocycles. The Morgan fingerprint density at radius 2 is 2.00 bits per heavy atom. The third-order valence-corrected chi connectivity index (χ3v) is 4.23. The van der Waals surface area contributed by atoms with Gasteiger partial charge in [0.1, 0.15) is 0 Å². The first kappa shape index (κ1) is 11.4. The summed E-state index contributed by atoms with van der Waals surface area (Å²) >= 11 is 0. The first-order valence-corrected chi connectivity index (χ1v) is 6.80. The van der Waals surface area contributed by atoms with Crippen molar-refractivity contribution in [2.75, 3.05) is 19.6 Å². The maximum atomic E-state index is 3.64. The molecule has 2 aliphatic rings. The molecule has 15 heavy (non-hydrogen) atoms. The smallest absolute Gasteiger partial charge is 0.0198 e. The topological polar surface area (TPSA) is 15.3 Å². The van der Waals surface area contributed by atoms with Crippen LogP contribution in [0.2, 0.25) is 0 Å². The van der Waals surface area contributed by atoms with Gasteiger partial charge in [0.25, 0.3) is 0 Å². The van der Waals surface area contributed by atoms with Gasteiger partial charge in [-0.3, -0.25) is 4.90 Å². The van der Waals surface area contributed by atoms with Crippen LogP contribution in [-0.2, 0) is 0 Å². The van der Waals surface area contributed by atoms with E-state index in [2.05, 4.69) is 24.1 Å². The monoisotopic (exact) mass is 210 g/mol. The fourth-order valence-corrected chi connectivity index (χ4v) is 3.02. The Bertz CT molecular complexity index is 189. The van der Waals surface area contributed by atoms with Crippen LogP contribution in [0.3, 0.4) is 0 Å². The Morgan fingerprint density at radius 1 is 1.20 bits per heavy atom. The van der Waals surface area contributed by atoms with E-state index in [9.17, 15) is 0 Å². The van der Waals surface area contributed by atoms with Gasteiger partial charge in [0.2, 0.25) is 0 Å². The second-order valence-electron chi connectivity index (χ2n) is 5.30. The summed E-state index contributed by atoms with van der Waals surface area (Å²) in [5.74, 6) is 0.934. The summed E-state index contributed by atoms with van der Waals surface area (Å²) in [7, 11) is 0. The zero-order chi connectivity index (χ0) is 10.7. The zero-order valence-corrected chi connectivity index (χ0v) is 10.3. The average molecular weight is 210 g/mol. The van der Waals surface area contributed by atoms with Crippen LogP contribution in [0.1, 0.15) is 46.0 Å². The highest BCUT2D eigenvalue weighted by Crippen LogP contribution is 2.30. The lowest BCUT2D eigenvalue weighted by Crippen LogP contribution is -2.54. The quantitative estimate of drug-likeness (QED) is 0.765. The van der Waals surface area contributed by atoms with Gasteiger partial charge in [-0.1, -0.05) is 26.7 Å². The molecule has 2 rings (SSSR count). The van der Waals surface area contributed by atoms with Crippen LogP contribution in [-0.4, -0.2) is 36.6 Å². The van der Waals surface area contributed by atoms with Crippen molar-refractivity contribution in [3.05, 3.63) is 0 Å². The molecular weight excluding hydrogens is 184 g/mol. The molecule has 1 N–H and O–H groups in total. The van der Waals surface area contributed by atoms with Crippen molar-refractivity contribution < 1.29 is 0 Å². The fraction of sp³-hybridized carbons (Fsp3) is 1.00. The van der Waals surface area contributed by atoms with Crippen molar-refractivity contribution in [3.63, 3.8) is 0 Å². The summed E-state index contributed by atoms with van der Waals surface area (Å²) in [6, 6.07) is 1.69. The van der Waals surface area contributed by atoms with E-state index in [-0.39, 0.29) is 0 Å². The molecule has 2 unspecified atom stereocenters. The van der Waals surface area contributed by atoms with E-state index in [0.29, 0.717) is 0 Å². The van der Waals surface area contributed by atoms with Crippen molar-refractivity contribution >= 4 is 0 Å². The Kier molecular flexibility index (Phi) is 4.04. The van der Waals surface area contributed by atoms with E-state index in [1.165, 1.54) is 45.2 Å². The zero-order valence-electron chi connectivity index (χ0n) is 10.3. The lowest BCUT2D eigenvalue weighted by atomic mass is 9.85. The first-order chi connectivity index (χ1) is 7.33. The van der Waals surface area contributed by atoms with E-state index in [4.69, 9.17) is 0 Å². The van der Waals surface area contributed by atoms with Crippen molar-refractivity contribution in [3.8, 4) is 0 Å².